The molecule has 0 saturated heterocycles. The van der Waals surface area contributed by atoms with Gasteiger partial charge in [0.15, 0.2) is 5.75 Å². The third-order valence-corrected chi connectivity index (χ3v) is 2.92. The molecule has 5 heteroatoms. The second-order valence-electron chi connectivity index (χ2n) is 4.58. The smallest absolute Gasteiger partial charge is 0.333 e. The molecule has 0 spiro atoms. The molecule has 0 bridgehead atoms. The van der Waals surface area contributed by atoms with Gasteiger partial charge in [-0.05, 0) is 37.3 Å². The van der Waals surface area contributed by atoms with Gasteiger partial charge < -0.3 is 10.1 Å². The number of benzene rings is 1. The third kappa shape index (κ3) is 3.12. The van der Waals surface area contributed by atoms with Crippen LogP contribution in [0.4, 0.5) is 11.4 Å². The predicted molar refractivity (Wildman–Crippen MR) is 70.1 cm³/mol. The van der Waals surface area contributed by atoms with Crippen LogP contribution < -0.4 is 10.1 Å². The van der Waals surface area contributed by atoms with Gasteiger partial charge in [0, 0.05) is 6.54 Å². The van der Waals surface area contributed by atoms with Gasteiger partial charge in [-0.25, -0.2) is 0 Å². The standard InChI is InChI=1S/C13H18N2O3/c1-2-8-18-12-5-3-4-11(13(12)15(16)17)14-9-10-6-7-10/h3-5,10,14H,2,6-9H2,1H3. The summed E-state index contributed by atoms with van der Waals surface area (Å²) in [4.78, 5) is 10.8. The number of nitro benzene ring substituents is 1. The Morgan fingerprint density at radius 3 is 2.89 bits per heavy atom. The number of para-hydroxylation sites is 1. The van der Waals surface area contributed by atoms with Crippen molar-refractivity contribution < 1.29 is 9.66 Å². The van der Waals surface area contributed by atoms with Crippen molar-refractivity contribution in [1.29, 1.82) is 0 Å². The quantitative estimate of drug-likeness (QED) is 0.596. The van der Waals surface area contributed by atoms with Gasteiger partial charge in [0.25, 0.3) is 0 Å². The van der Waals surface area contributed by atoms with Gasteiger partial charge in [0.1, 0.15) is 5.69 Å². The maximum Gasteiger partial charge on any atom is 0.333 e. The Bertz CT molecular complexity index is 430. The summed E-state index contributed by atoms with van der Waals surface area (Å²) in [7, 11) is 0. The third-order valence-electron chi connectivity index (χ3n) is 2.92. The molecule has 1 saturated carbocycles. The van der Waals surface area contributed by atoms with Gasteiger partial charge in [-0.15, -0.1) is 0 Å². The first-order chi connectivity index (χ1) is 8.72. The molecule has 0 amide bonds. The molecule has 1 aromatic carbocycles. The number of nitrogens with zero attached hydrogens (tertiary/aromatic N) is 1. The molecule has 0 aromatic heterocycles. The Hall–Kier alpha value is -1.78. The Morgan fingerprint density at radius 2 is 2.28 bits per heavy atom. The number of nitrogens with one attached hydrogen (secondary N) is 1. The minimum Gasteiger partial charge on any atom is -0.487 e. The predicted octanol–water partition coefficient (Wildman–Crippen LogP) is 3.21. The van der Waals surface area contributed by atoms with Crippen LogP contribution in [-0.2, 0) is 0 Å². The summed E-state index contributed by atoms with van der Waals surface area (Å²) in [5, 5.41) is 14.3. The van der Waals surface area contributed by atoms with E-state index in [2.05, 4.69) is 5.32 Å². The lowest BCUT2D eigenvalue weighted by Gasteiger charge is -2.10. The molecule has 98 valence electrons. The highest BCUT2D eigenvalue weighted by Crippen LogP contribution is 2.36. The molecule has 5 nitrogen and oxygen atoms in total. The second kappa shape index (κ2) is 5.71. The molecule has 1 aliphatic rings. The molecule has 0 atom stereocenters. The van der Waals surface area contributed by atoms with Gasteiger partial charge in [-0.2, -0.15) is 0 Å². The van der Waals surface area contributed by atoms with Crippen LogP contribution in [0.25, 0.3) is 0 Å². The van der Waals surface area contributed by atoms with Gasteiger partial charge in [0.2, 0.25) is 0 Å². The average Bonchev–Trinajstić information content (AvgIpc) is 3.17. The monoisotopic (exact) mass is 250 g/mol. The molecule has 1 aliphatic carbocycles. The zero-order chi connectivity index (χ0) is 13.0. The van der Waals surface area contributed by atoms with E-state index in [9.17, 15) is 10.1 Å². The molecule has 0 radical (unpaired) electrons. The van der Waals surface area contributed by atoms with E-state index in [1.807, 2.05) is 6.92 Å². The van der Waals surface area contributed by atoms with Crippen molar-refractivity contribution in [3.8, 4) is 5.75 Å². The first-order valence-corrected chi connectivity index (χ1v) is 6.36. The Balaban J connectivity index is 2.17. The van der Waals surface area contributed by atoms with Crippen LogP contribution in [0.15, 0.2) is 18.2 Å². The van der Waals surface area contributed by atoms with E-state index in [0.717, 1.165) is 13.0 Å². The summed E-state index contributed by atoms with van der Waals surface area (Å²) in [6.45, 7) is 3.27. The number of anilines is 1. The highest BCUT2D eigenvalue weighted by Gasteiger charge is 2.24. The lowest BCUT2D eigenvalue weighted by molar-refractivity contribution is -0.385. The van der Waals surface area contributed by atoms with Crippen molar-refractivity contribution in [2.24, 2.45) is 5.92 Å². The molecule has 0 aliphatic heterocycles. The number of ether oxygens (including phenoxy) is 1. The highest BCUT2D eigenvalue weighted by atomic mass is 16.6. The Morgan fingerprint density at radius 1 is 1.50 bits per heavy atom. The van der Waals surface area contributed by atoms with Crippen LogP contribution >= 0.6 is 0 Å². The van der Waals surface area contributed by atoms with Gasteiger partial charge in [0.05, 0.1) is 11.5 Å². The largest absolute Gasteiger partial charge is 0.487 e. The fourth-order valence-electron chi connectivity index (χ4n) is 1.76. The summed E-state index contributed by atoms with van der Waals surface area (Å²) in [6.07, 6.45) is 3.26. The van der Waals surface area contributed by atoms with E-state index in [0.29, 0.717) is 24.0 Å². The van der Waals surface area contributed by atoms with Crippen LogP contribution in [0.5, 0.6) is 5.75 Å². The zero-order valence-electron chi connectivity index (χ0n) is 10.5. The summed E-state index contributed by atoms with van der Waals surface area (Å²) < 4.78 is 5.43. The van der Waals surface area contributed by atoms with E-state index in [1.54, 1.807) is 18.2 Å². The topological polar surface area (TPSA) is 64.4 Å². The van der Waals surface area contributed by atoms with Crippen LogP contribution in [0.2, 0.25) is 0 Å². The first-order valence-electron chi connectivity index (χ1n) is 6.36. The van der Waals surface area contributed by atoms with Crippen LogP contribution in [0, 0.1) is 16.0 Å². The van der Waals surface area contributed by atoms with Crippen LogP contribution in [-0.4, -0.2) is 18.1 Å². The molecule has 0 unspecified atom stereocenters. The fourth-order valence-corrected chi connectivity index (χ4v) is 1.76. The average molecular weight is 250 g/mol. The van der Waals surface area contributed by atoms with E-state index >= 15 is 0 Å². The first kappa shape index (κ1) is 12.7. The van der Waals surface area contributed by atoms with Crippen molar-refractivity contribution >= 4 is 11.4 Å². The number of nitro groups is 1. The highest BCUT2D eigenvalue weighted by molar-refractivity contribution is 5.68. The van der Waals surface area contributed by atoms with Gasteiger partial charge in [-0.1, -0.05) is 13.0 Å². The van der Waals surface area contributed by atoms with E-state index in [4.69, 9.17) is 4.74 Å². The van der Waals surface area contributed by atoms with Crippen LogP contribution in [0.1, 0.15) is 26.2 Å². The number of hydrogen-bond donors (Lipinski definition) is 1. The minimum absolute atomic E-state index is 0.0478. The molecule has 18 heavy (non-hydrogen) atoms. The van der Waals surface area contributed by atoms with Crippen molar-refractivity contribution in [1.82, 2.24) is 0 Å². The summed E-state index contributed by atoms with van der Waals surface area (Å²) in [5.74, 6) is 1.02. The minimum atomic E-state index is -0.375. The second-order valence-corrected chi connectivity index (χ2v) is 4.58. The maximum atomic E-state index is 11.2. The molecule has 1 aromatic rings. The number of hydrogen-bond acceptors (Lipinski definition) is 4. The molecular formula is C13H18N2O3. The van der Waals surface area contributed by atoms with E-state index in [1.165, 1.54) is 12.8 Å². The lowest BCUT2D eigenvalue weighted by Crippen LogP contribution is -2.07. The van der Waals surface area contributed by atoms with Crippen molar-refractivity contribution in [3.05, 3.63) is 28.3 Å². The molecule has 0 heterocycles. The van der Waals surface area contributed by atoms with Crippen LogP contribution in [0.3, 0.4) is 0 Å². The molecular weight excluding hydrogens is 232 g/mol. The number of rotatable bonds is 7. The molecule has 1 N–H and O–H groups in total. The van der Waals surface area contributed by atoms with Gasteiger partial charge >= 0.3 is 5.69 Å². The molecule has 2 rings (SSSR count). The van der Waals surface area contributed by atoms with Crippen molar-refractivity contribution in [3.63, 3.8) is 0 Å². The summed E-state index contributed by atoms with van der Waals surface area (Å²) in [6, 6.07) is 5.17. The lowest BCUT2D eigenvalue weighted by atomic mass is 10.2. The fraction of sp³-hybridized carbons (Fsp3) is 0.538. The van der Waals surface area contributed by atoms with E-state index < -0.39 is 0 Å². The Labute approximate surface area is 106 Å². The van der Waals surface area contributed by atoms with Crippen molar-refractivity contribution in [2.45, 2.75) is 26.2 Å². The van der Waals surface area contributed by atoms with Crippen molar-refractivity contribution in [2.75, 3.05) is 18.5 Å². The van der Waals surface area contributed by atoms with E-state index in [-0.39, 0.29) is 10.6 Å². The Kier molecular flexibility index (Phi) is 4.02. The zero-order valence-corrected chi connectivity index (χ0v) is 10.5. The summed E-state index contributed by atoms with van der Waals surface area (Å²) in [5.41, 5.74) is 0.604. The normalized spacial score (nSPS) is 14.3. The summed E-state index contributed by atoms with van der Waals surface area (Å²) >= 11 is 0. The van der Waals surface area contributed by atoms with Gasteiger partial charge in [-0.3, -0.25) is 10.1 Å². The maximum absolute atomic E-state index is 11.2. The molecule has 1 fully saturated rings. The SMILES string of the molecule is CCCOc1cccc(NCC2CC2)c1[N+](=O)[O-].